The van der Waals surface area contributed by atoms with Crippen molar-refractivity contribution < 1.29 is 9.21 Å². The lowest BCUT2D eigenvalue weighted by atomic mass is 10.2. The first kappa shape index (κ1) is 7.09. The van der Waals surface area contributed by atoms with Crippen LogP contribution in [0.5, 0.6) is 0 Å². The summed E-state index contributed by atoms with van der Waals surface area (Å²) in [6.07, 6.45) is 2.88. The van der Waals surface area contributed by atoms with E-state index in [1.807, 2.05) is 0 Å². The Balaban J connectivity index is 2.88. The highest BCUT2D eigenvalue weighted by Crippen LogP contribution is 2.14. The Kier molecular flexibility index (Phi) is 1.92. The lowest BCUT2D eigenvalue weighted by molar-refractivity contribution is -0.106. The number of hydrogen-bond acceptors (Lipinski definition) is 2. The van der Waals surface area contributed by atoms with Gasteiger partial charge in [-0.25, -0.2) is 0 Å². The second kappa shape index (κ2) is 2.71. The zero-order valence-electron chi connectivity index (χ0n) is 5.13. The van der Waals surface area contributed by atoms with Crippen LogP contribution in [0.15, 0.2) is 29.6 Å². The van der Waals surface area contributed by atoms with Crippen LogP contribution in [-0.2, 0) is 4.79 Å². The Bertz CT molecular complexity index is 249. The first-order valence-corrected chi connectivity index (χ1v) is 3.01. The quantitative estimate of drug-likeness (QED) is 0.485. The maximum atomic E-state index is 10.5. The van der Waals surface area contributed by atoms with Crippen LogP contribution in [0.25, 0.3) is 5.57 Å². The zero-order valence-corrected chi connectivity index (χ0v) is 5.89. The number of furan rings is 1. The Morgan fingerprint density at radius 2 is 2.40 bits per heavy atom. The van der Waals surface area contributed by atoms with Gasteiger partial charge in [-0.2, -0.15) is 0 Å². The molecule has 0 aromatic carbocycles. The van der Waals surface area contributed by atoms with Crippen LogP contribution in [0.3, 0.4) is 0 Å². The standard InChI is InChI=1S/C7H5ClO2/c1-5(7(8)9)6-2-3-10-4-6/h2-4H,1H2. The lowest BCUT2D eigenvalue weighted by Crippen LogP contribution is -1.87. The topological polar surface area (TPSA) is 30.2 Å². The van der Waals surface area contributed by atoms with Crippen molar-refractivity contribution in [1.82, 2.24) is 0 Å². The molecule has 1 rings (SSSR count). The van der Waals surface area contributed by atoms with Crippen molar-refractivity contribution in [3.8, 4) is 0 Å². The third-order valence-electron chi connectivity index (χ3n) is 1.11. The van der Waals surface area contributed by atoms with Gasteiger partial charge in [0.25, 0.3) is 5.24 Å². The highest BCUT2D eigenvalue weighted by atomic mass is 35.5. The molecular formula is C7H5ClO2. The lowest BCUT2D eigenvalue weighted by Gasteiger charge is -1.90. The minimum absolute atomic E-state index is 0.260. The Hall–Kier alpha value is -1.02. The first-order valence-electron chi connectivity index (χ1n) is 2.63. The summed E-state index contributed by atoms with van der Waals surface area (Å²) in [5, 5.41) is -0.554. The van der Waals surface area contributed by atoms with Crippen LogP contribution in [0.2, 0.25) is 0 Å². The Morgan fingerprint density at radius 3 is 2.80 bits per heavy atom. The van der Waals surface area contributed by atoms with Crippen LogP contribution in [0.1, 0.15) is 5.56 Å². The molecule has 1 aromatic rings. The molecule has 0 aliphatic carbocycles. The van der Waals surface area contributed by atoms with E-state index in [1.165, 1.54) is 12.5 Å². The molecule has 10 heavy (non-hydrogen) atoms. The average Bonchev–Trinajstić information content (AvgIpc) is 2.36. The number of allylic oxidation sites excluding steroid dienone is 1. The van der Waals surface area contributed by atoms with Crippen LogP contribution in [-0.4, -0.2) is 5.24 Å². The Labute approximate surface area is 63.1 Å². The maximum Gasteiger partial charge on any atom is 0.252 e. The van der Waals surface area contributed by atoms with Crippen LogP contribution in [0.4, 0.5) is 0 Å². The molecule has 1 aromatic heterocycles. The van der Waals surface area contributed by atoms with Crippen molar-refractivity contribution in [2.24, 2.45) is 0 Å². The van der Waals surface area contributed by atoms with Gasteiger partial charge >= 0.3 is 0 Å². The van der Waals surface area contributed by atoms with Gasteiger partial charge in [0, 0.05) is 11.1 Å². The second-order valence-corrected chi connectivity index (χ2v) is 2.11. The van der Waals surface area contributed by atoms with Gasteiger partial charge in [0.15, 0.2) is 0 Å². The molecule has 2 nitrogen and oxygen atoms in total. The molecule has 0 atom stereocenters. The van der Waals surface area contributed by atoms with E-state index in [1.54, 1.807) is 6.07 Å². The van der Waals surface area contributed by atoms with Gasteiger partial charge in [0.05, 0.1) is 12.5 Å². The van der Waals surface area contributed by atoms with Gasteiger partial charge in [0.1, 0.15) is 0 Å². The minimum atomic E-state index is -0.554. The van der Waals surface area contributed by atoms with E-state index >= 15 is 0 Å². The smallest absolute Gasteiger partial charge is 0.252 e. The average molecular weight is 157 g/mol. The highest BCUT2D eigenvalue weighted by Gasteiger charge is 2.05. The molecular weight excluding hydrogens is 152 g/mol. The molecule has 0 aliphatic rings. The van der Waals surface area contributed by atoms with Crippen LogP contribution in [0, 0.1) is 0 Å². The van der Waals surface area contributed by atoms with Gasteiger partial charge in [-0.05, 0) is 17.7 Å². The van der Waals surface area contributed by atoms with E-state index in [2.05, 4.69) is 6.58 Å². The van der Waals surface area contributed by atoms with E-state index in [9.17, 15) is 4.79 Å². The van der Waals surface area contributed by atoms with Crippen LogP contribution >= 0.6 is 11.6 Å². The monoisotopic (exact) mass is 156 g/mol. The minimum Gasteiger partial charge on any atom is -0.472 e. The number of carbonyl (C=O) groups is 1. The van der Waals surface area contributed by atoms with Crippen molar-refractivity contribution >= 4 is 22.4 Å². The molecule has 0 amide bonds. The van der Waals surface area contributed by atoms with E-state index in [0.717, 1.165) is 0 Å². The molecule has 0 spiro atoms. The second-order valence-electron chi connectivity index (χ2n) is 1.76. The summed E-state index contributed by atoms with van der Waals surface area (Å²) in [5.74, 6) is 0. The molecule has 0 unspecified atom stereocenters. The van der Waals surface area contributed by atoms with Gasteiger partial charge in [-0.15, -0.1) is 0 Å². The van der Waals surface area contributed by atoms with Gasteiger partial charge in [0.2, 0.25) is 0 Å². The molecule has 0 bridgehead atoms. The number of rotatable bonds is 2. The predicted octanol–water partition coefficient (Wildman–Crippen LogP) is 2.06. The first-order chi connectivity index (χ1) is 4.72. The summed E-state index contributed by atoms with van der Waals surface area (Å²) in [6.45, 7) is 3.46. The third kappa shape index (κ3) is 1.28. The summed E-state index contributed by atoms with van der Waals surface area (Å²) >= 11 is 5.14. The summed E-state index contributed by atoms with van der Waals surface area (Å²) in [5.41, 5.74) is 0.885. The zero-order chi connectivity index (χ0) is 7.56. The molecule has 0 fully saturated rings. The Morgan fingerprint density at radius 1 is 1.70 bits per heavy atom. The molecule has 52 valence electrons. The number of halogens is 1. The van der Waals surface area contributed by atoms with Crippen molar-refractivity contribution in [2.75, 3.05) is 0 Å². The molecule has 0 N–H and O–H groups in total. The highest BCUT2D eigenvalue weighted by molar-refractivity contribution is 6.74. The van der Waals surface area contributed by atoms with Gasteiger partial charge in [-0.3, -0.25) is 4.79 Å². The molecule has 0 saturated carbocycles. The predicted molar refractivity (Wildman–Crippen MR) is 38.6 cm³/mol. The van der Waals surface area contributed by atoms with Crippen molar-refractivity contribution in [3.05, 3.63) is 30.7 Å². The molecule has 1 heterocycles. The summed E-state index contributed by atoms with van der Waals surface area (Å²) in [6, 6.07) is 1.63. The van der Waals surface area contributed by atoms with E-state index < -0.39 is 5.24 Å². The summed E-state index contributed by atoms with van der Waals surface area (Å²) in [7, 11) is 0. The summed E-state index contributed by atoms with van der Waals surface area (Å²) in [4.78, 5) is 10.5. The largest absolute Gasteiger partial charge is 0.472 e. The molecule has 0 radical (unpaired) electrons. The fourth-order valence-corrected chi connectivity index (χ4v) is 0.659. The molecule has 3 heteroatoms. The normalized spacial score (nSPS) is 9.30. The molecule has 0 saturated heterocycles. The van der Waals surface area contributed by atoms with Gasteiger partial charge in [-0.1, -0.05) is 6.58 Å². The fraction of sp³-hybridized carbons (Fsp3) is 0. The molecule has 0 aliphatic heterocycles. The third-order valence-corrected chi connectivity index (χ3v) is 1.34. The van der Waals surface area contributed by atoms with E-state index in [0.29, 0.717) is 5.56 Å². The summed E-state index contributed by atoms with van der Waals surface area (Å²) < 4.78 is 4.71. The van der Waals surface area contributed by atoms with E-state index in [4.69, 9.17) is 16.0 Å². The van der Waals surface area contributed by atoms with Gasteiger partial charge < -0.3 is 4.42 Å². The van der Waals surface area contributed by atoms with Crippen molar-refractivity contribution in [3.63, 3.8) is 0 Å². The van der Waals surface area contributed by atoms with Crippen molar-refractivity contribution in [2.45, 2.75) is 0 Å². The fourth-order valence-electron chi connectivity index (χ4n) is 0.550. The number of carbonyl (C=O) groups excluding carboxylic acids is 1. The maximum absolute atomic E-state index is 10.5. The van der Waals surface area contributed by atoms with E-state index in [-0.39, 0.29) is 5.57 Å². The SMILES string of the molecule is C=C(C(=O)Cl)c1ccoc1. The number of hydrogen-bond donors (Lipinski definition) is 0. The van der Waals surface area contributed by atoms with Crippen LogP contribution < -0.4 is 0 Å². The van der Waals surface area contributed by atoms with Crippen molar-refractivity contribution in [1.29, 1.82) is 0 Å².